The van der Waals surface area contributed by atoms with E-state index in [1.54, 1.807) is 4.90 Å². The van der Waals surface area contributed by atoms with Gasteiger partial charge in [0, 0.05) is 25.8 Å². The van der Waals surface area contributed by atoms with Crippen molar-refractivity contribution in [1.82, 2.24) is 9.80 Å². The highest BCUT2D eigenvalue weighted by Crippen LogP contribution is 2.13. The number of carbonyl (C=O) groups excluding carboxylic acids is 1. The molecule has 1 aliphatic heterocycles. The molecule has 1 fully saturated rings. The smallest absolute Gasteiger partial charge is 0.241 e. The van der Waals surface area contributed by atoms with Gasteiger partial charge in [-0.2, -0.15) is 0 Å². The lowest BCUT2D eigenvalue weighted by molar-refractivity contribution is -0.133. The molecule has 6 heteroatoms. The maximum absolute atomic E-state index is 11.7. The van der Waals surface area contributed by atoms with E-state index >= 15 is 0 Å². The van der Waals surface area contributed by atoms with Gasteiger partial charge in [-0.05, 0) is 25.3 Å². The molecular formula is C13H23N5O. The minimum absolute atomic E-state index is 0.0970. The molecule has 0 spiro atoms. The first-order valence-electron chi connectivity index (χ1n) is 6.41. The lowest BCUT2D eigenvalue weighted by atomic mass is 10.2. The summed E-state index contributed by atoms with van der Waals surface area (Å²) < 4.78 is 0. The number of nitrogens with two attached hydrogens (primary N) is 2. The van der Waals surface area contributed by atoms with Crippen molar-refractivity contribution in [1.29, 1.82) is 0 Å². The topological polar surface area (TPSA) is 87.9 Å². The van der Waals surface area contributed by atoms with Gasteiger partial charge in [-0.15, -0.1) is 0 Å². The van der Waals surface area contributed by atoms with Crippen LogP contribution < -0.4 is 11.5 Å². The number of piperazine rings is 1. The van der Waals surface area contributed by atoms with Crippen LogP contribution in [0.3, 0.4) is 0 Å². The Morgan fingerprint density at radius 1 is 1.53 bits per heavy atom. The van der Waals surface area contributed by atoms with Crippen LogP contribution in [0.5, 0.6) is 0 Å². The van der Waals surface area contributed by atoms with Gasteiger partial charge < -0.3 is 21.3 Å². The van der Waals surface area contributed by atoms with Crippen LogP contribution >= 0.6 is 0 Å². The number of carbonyl (C=O) groups is 1. The summed E-state index contributed by atoms with van der Waals surface area (Å²) in [5.41, 5.74) is 11.6. The van der Waals surface area contributed by atoms with E-state index in [-0.39, 0.29) is 5.91 Å². The van der Waals surface area contributed by atoms with Gasteiger partial charge in [-0.3, -0.25) is 4.79 Å². The van der Waals surface area contributed by atoms with Gasteiger partial charge >= 0.3 is 0 Å². The molecule has 0 aliphatic carbocycles. The number of hydrogen-bond donors (Lipinski definition) is 2. The third-order valence-electron chi connectivity index (χ3n) is 3.02. The van der Waals surface area contributed by atoms with Gasteiger partial charge in [-0.1, -0.05) is 6.58 Å². The predicted molar refractivity (Wildman–Crippen MR) is 77.2 cm³/mol. The lowest BCUT2D eigenvalue weighted by Gasteiger charge is -2.33. The molecule has 0 aromatic carbocycles. The van der Waals surface area contributed by atoms with Crippen LogP contribution in [0.1, 0.15) is 19.3 Å². The quantitative estimate of drug-likeness (QED) is 0.409. The Morgan fingerprint density at radius 3 is 2.84 bits per heavy atom. The van der Waals surface area contributed by atoms with Crippen molar-refractivity contribution in [2.75, 3.05) is 26.7 Å². The molecule has 0 bridgehead atoms. The van der Waals surface area contributed by atoms with Crippen LogP contribution in [-0.2, 0) is 4.79 Å². The Bertz CT molecular complexity index is 388. The molecule has 0 saturated carbocycles. The van der Waals surface area contributed by atoms with E-state index < -0.39 is 0 Å². The van der Waals surface area contributed by atoms with E-state index in [1.165, 1.54) is 6.34 Å². The first-order chi connectivity index (χ1) is 9.04. The number of hydrogen-bond acceptors (Lipinski definition) is 4. The Labute approximate surface area is 114 Å². The normalized spacial score (nSPS) is 17.3. The van der Waals surface area contributed by atoms with Crippen molar-refractivity contribution in [3.05, 3.63) is 24.2 Å². The molecule has 1 aliphatic rings. The molecule has 0 unspecified atom stereocenters. The number of aliphatic imine (C=N–C) groups is 1. The third-order valence-corrected chi connectivity index (χ3v) is 3.02. The van der Waals surface area contributed by atoms with Gasteiger partial charge in [0.05, 0.1) is 12.9 Å². The fourth-order valence-electron chi connectivity index (χ4n) is 1.85. The fourth-order valence-corrected chi connectivity index (χ4v) is 1.85. The average Bonchev–Trinajstić information content (AvgIpc) is 2.36. The van der Waals surface area contributed by atoms with E-state index in [4.69, 9.17) is 11.5 Å². The molecule has 0 atom stereocenters. The molecule has 1 rings (SSSR count). The van der Waals surface area contributed by atoms with Crippen LogP contribution in [0, 0.1) is 0 Å². The van der Waals surface area contributed by atoms with Crippen molar-refractivity contribution >= 4 is 12.2 Å². The highest BCUT2D eigenvalue weighted by atomic mass is 16.2. The number of nitrogens with zero attached hydrogens (tertiary/aromatic N) is 3. The summed E-state index contributed by atoms with van der Waals surface area (Å²) in [7, 11) is 1.81. The monoisotopic (exact) mass is 265 g/mol. The fraction of sp³-hybridized carbons (Fsp3) is 0.538. The summed E-state index contributed by atoms with van der Waals surface area (Å²) in [6.45, 7) is 5.49. The Hall–Kier alpha value is -1.98. The summed E-state index contributed by atoms with van der Waals surface area (Å²) in [4.78, 5) is 19.5. The van der Waals surface area contributed by atoms with Crippen molar-refractivity contribution in [3.8, 4) is 0 Å². The summed E-state index contributed by atoms with van der Waals surface area (Å²) in [5, 5.41) is 0. The Balaban J connectivity index is 2.58. The minimum atomic E-state index is 0.0970. The van der Waals surface area contributed by atoms with E-state index in [2.05, 4.69) is 11.6 Å². The zero-order valence-electron chi connectivity index (χ0n) is 11.5. The molecule has 106 valence electrons. The Kier molecular flexibility index (Phi) is 5.92. The van der Waals surface area contributed by atoms with E-state index in [0.29, 0.717) is 18.8 Å². The number of allylic oxidation sites excluding steroid dienone is 2. The van der Waals surface area contributed by atoms with E-state index in [9.17, 15) is 4.79 Å². The van der Waals surface area contributed by atoms with Crippen LogP contribution in [-0.4, -0.2) is 48.7 Å². The third kappa shape index (κ3) is 5.03. The standard InChI is InChI=1S/C13H23N5O/c1-11(15)5-3-4-6-12(16-10-14)18-8-7-17(2)13(19)9-18/h6,10H,1,3-5,7-9,15H2,2H3,(H2,14,16)/b12-6+. The summed E-state index contributed by atoms with van der Waals surface area (Å²) in [6, 6.07) is 0. The zero-order chi connectivity index (χ0) is 14.3. The van der Waals surface area contributed by atoms with Crippen molar-refractivity contribution in [3.63, 3.8) is 0 Å². The van der Waals surface area contributed by atoms with Crippen LogP contribution in [0.2, 0.25) is 0 Å². The first kappa shape index (κ1) is 15.1. The highest BCUT2D eigenvalue weighted by Gasteiger charge is 2.22. The van der Waals surface area contributed by atoms with Gasteiger partial charge in [-0.25, -0.2) is 4.99 Å². The average molecular weight is 265 g/mol. The van der Waals surface area contributed by atoms with Crippen LogP contribution in [0.15, 0.2) is 29.2 Å². The lowest BCUT2D eigenvalue weighted by Crippen LogP contribution is -2.47. The number of amides is 1. The SMILES string of the molecule is C=C(N)CCC/C=C(\N=CN)N1CCN(C)C(=O)C1. The second-order valence-corrected chi connectivity index (χ2v) is 4.63. The Morgan fingerprint density at radius 2 is 2.26 bits per heavy atom. The molecule has 1 saturated heterocycles. The minimum Gasteiger partial charge on any atom is -0.403 e. The highest BCUT2D eigenvalue weighted by molar-refractivity contribution is 5.79. The van der Waals surface area contributed by atoms with Gasteiger partial charge in [0.2, 0.25) is 5.91 Å². The van der Waals surface area contributed by atoms with Crippen molar-refractivity contribution in [2.24, 2.45) is 16.5 Å². The first-order valence-corrected chi connectivity index (χ1v) is 6.41. The van der Waals surface area contributed by atoms with Crippen LogP contribution in [0.4, 0.5) is 0 Å². The number of likely N-dealkylation sites (N-methyl/N-ethyl adjacent to an activating group) is 1. The summed E-state index contributed by atoms with van der Waals surface area (Å²) in [6.07, 6.45) is 5.79. The van der Waals surface area contributed by atoms with E-state index in [1.807, 2.05) is 18.0 Å². The molecule has 0 aromatic heterocycles. The van der Waals surface area contributed by atoms with Crippen LogP contribution in [0.25, 0.3) is 0 Å². The van der Waals surface area contributed by atoms with Gasteiger partial charge in [0.25, 0.3) is 0 Å². The van der Waals surface area contributed by atoms with Gasteiger partial charge in [0.1, 0.15) is 5.82 Å². The molecule has 1 amide bonds. The molecule has 4 N–H and O–H groups in total. The molecule has 0 radical (unpaired) electrons. The molecule has 6 nitrogen and oxygen atoms in total. The molecule has 0 aromatic rings. The predicted octanol–water partition coefficient (Wildman–Crippen LogP) is 0.232. The molecular weight excluding hydrogens is 242 g/mol. The largest absolute Gasteiger partial charge is 0.403 e. The maximum Gasteiger partial charge on any atom is 0.241 e. The second-order valence-electron chi connectivity index (χ2n) is 4.63. The van der Waals surface area contributed by atoms with E-state index in [0.717, 1.165) is 31.6 Å². The molecule has 19 heavy (non-hydrogen) atoms. The van der Waals surface area contributed by atoms with Crippen molar-refractivity contribution in [2.45, 2.75) is 19.3 Å². The van der Waals surface area contributed by atoms with Gasteiger partial charge in [0.15, 0.2) is 0 Å². The number of unbranched alkanes of at least 4 members (excludes halogenated alkanes) is 1. The van der Waals surface area contributed by atoms with Crippen molar-refractivity contribution < 1.29 is 4.79 Å². The number of rotatable bonds is 6. The summed E-state index contributed by atoms with van der Waals surface area (Å²) >= 11 is 0. The maximum atomic E-state index is 11.7. The second kappa shape index (κ2) is 7.45. The summed E-state index contributed by atoms with van der Waals surface area (Å²) in [5.74, 6) is 0.853. The zero-order valence-corrected chi connectivity index (χ0v) is 11.5. The molecule has 1 heterocycles.